The predicted octanol–water partition coefficient (Wildman–Crippen LogP) is 3.99. The molecule has 1 heterocycles. The number of rotatable bonds is 3. The number of nitrogens with two attached hydrogens (primary N) is 1. The van der Waals surface area contributed by atoms with Crippen LogP contribution in [0.25, 0.3) is 10.8 Å². The molecular formula is C20H19FN2. The van der Waals surface area contributed by atoms with Crippen molar-refractivity contribution in [2.24, 2.45) is 5.73 Å². The van der Waals surface area contributed by atoms with Gasteiger partial charge >= 0.3 is 0 Å². The molecule has 0 saturated carbocycles. The van der Waals surface area contributed by atoms with E-state index in [1.807, 2.05) is 12.1 Å². The summed E-state index contributed by atoms with van der Waals surface area (Å²) in [6.07, 6.45) is 0. The van der Waals surface area contributed by atoms with Crippen molar-refractivity contribution >= 4 is 10.8 Å². The smallest absolute Gasteiger partial charge is 0.127 e. The van der Waals surface area contributed by atoms with Gasteiger partial charge in [-0.2, -0.15) is 0 Å². The van der Waals surface area contributed by atoms with E-state index in [9.17, 15) is 4.39 Å². The van der Waals surface area contributed by atoms with Gasteiger partial charge < -0.3 is 5.73 Å². The zero-order valence-electron chi connectivity index (χ0n) is 12.9. The van der Waals surface area contributed by atoms with Crippen LogP contribution in [-0.2, 0) is 13.1 Å². The fourth-order valence-corrected chi connectivity index (χ4v) is 3.64. The average Bonchev–Trinajstić information content (AvgIpc) is 2.94. The van der Waals surface area contributed by atoms with Crippen LogP contribution in [0.4, 0.5) is 4.39 Å². The Balaban J connectivity index is 1.73. The molecule has 1 aliphatic heterocycles. The van der Waals surface area contributed by atoms with Crippen molar-refractivity contribution in [3.05, 3.63) is 83.2 Å². The second-order valence-corrected chi connectivity index (χ2v) is 6.10. The van der Waals surface area contributed by atoms with Crippen LogP contribution in [0, 0.1) is 5.82 Å². The second kappa shape index (κ2) is 5.76. The highest BCUT2D eigenvalue weighted by atomic mass is 19.1. The van der Waals surface area contributed by atoms with Crippen LogP contribution in [-0.4, -0.2) is 11.4 Å². The van der Waals surface area contributed by atoms with Crippen molar-refractivity contribution in [2.75, 3.05) is 6.54 Å². The fraction of sp³-hybridized carbons (Fsp3) is 0.200. The zero-order chi connectivity index (χ0) is 15.8. The van der Waals surface area contributed by atoms with Gasteiger partial charge in [-0.1, -0.05) is 54.6 Å². The van der Waals surface area contributed by atoms with Crippen molar-refractivity contribution in [2.45, 2.75) is 19.1 Å². The van der Waals surface area contributed by atoms with Crippen molar-refractivity contribution in [3.63, 3.8) is 0 Å². The highest BCUT2D eigenvalue weighted by Crippen LogP contribution is 2.38. The molecule has 0 radical (unpaired) electrons. The lowest BCUT2D eigenvalue weighted by molar-refractivity contribution is 0.208. The second-order valence-electron chi connectivity index (χ2n) is 6.10. The zero-order valence-corrected chi connectivity index (χ0v) is 12.9. The predicted molar refractivity (Wildman–Crippen MR) is 91.4 cm³/mol. The molecule has 4 rings (SSSR count). The van der Waals surface area contributed by atoms with E-state index in [1.165, 1.54) is 28.0 Å². The van der Waals surface area contributed by atoms with E-state index < -0.39 is 0 Å². The van der Waals surface area contributed by atoms with Crippen molar-refractivity contribution in [3.8, 4) is 0 Å². The summed E-state index contributed by atoms with van der Waals surface area (Å²) in [5.74, 6) is -0.149. The topological polar surface area (TPSA) is 29.3 Å². The third-order valence-electron chi connectivity index (χ3n) is 4.79. The Morgan fingerprint density at radius 2 is 1.78 bits per heavy atom. The number of benzene rings is 3. The van der Waals surface area contributed by atoms with E-state index in [0.717, 1.165) is 12.1 Å². The van der Waals surface area contributed by atoms with Gasteiger partial charge in [0, 0.05) is 31.2 Å². The summed E-state index contributed by atoms with van der Waals surface area (Å²) in [6, 6.07) is 19.9. The van der Waals surface area contributed by atoms with Gasteiger partial charge in [0.05, 0.1) is 0 Å². The van der Waals surface area contributed by atoms with Crippen molar-refractivity contribution in [1.29, 1.82) is 0 Å². The molecule has 3 aromatic carbocycles. The van der Waals surface area contributed by atoms with E-state index in [0.29, 0.717) is 13.1 Å². The first-order chi connectivity index (χ1) is 11.3. The minimum Gasteiger partial charge on any atom is -0.329 e. The molecule has 1 unspecified atom stereocenters. The molecule has 0 aliphatic carbocycles. The molecule has 2 N–H and O–H groups in total. The van der Waals surface area contributed by atoms with Gasteiger partial charge in [-0.15, -0.1) is 0 Å². The maximum Gasteiger partial charge on any atom is 0.127 e. The van der Waals surface area contributed by atoms with E-state index in [2.05, 4.69) is 41.3 Å². The molecule has 0 fully saturated rings. The van der Waals surface area contributed by atoms with Crippen LogP contribution in [0.5, 0.6) is 0 Å². The molecule has 0 spiro atoms. The Morgan fingerprint density at radius 1 is 1.00 bits per heavy atom. The molecule has 116 valence electrons. The van der Waals surface area contributed by atoms with Crippen molar-refractivity contribution < 1.29 is 4.39 Å². The lowest BCUT2D eigenvalue weighted by Gasteiger charge is -2.24. The number of nitrogens with zero attached hydrogens (tertiary/aromatic N) is 1. The standard InChI is InChI=1S/C20H19FN2/c21-19-8-4-2-6-15(19)12-23-13-18-16-7-3-1-5-14(16)9-10-17(18)20(23)11-22/h1-10,20H,11-13,22H2. The van der Waals surface area contributed by atoms with E-state index in [4.69, 9.17) is 5.73 Å². The number of hydrogen-bond donors (Lipinski definition) is 1. The number of halogens is 1. The van der Waals surface area contributed by atoms with Crippen LogP contribution < -0.4 is 5.73 Å². The van der Waals surface area contributed by atoms with Gasteiger partial charge in [0.2, 0.25) is 0 Å². The molecule has 1 atom stereocenters. The quantitative estimate of drug-likeness (QED) is 0.792. The van der Waals surface area contributed by atoms with E-state index in [1.54, 1.807) is 6.07 Å². The van der Waals surface area contributed by atoms with Gasteiger partial charge in [0.25, 0.3) is 0 Å². The molecule has 3 heteroatoms. The largest absolute Gasteiger partial charge is 0.329 e. The first-order valence-electron chi connectivity index (χ1n) is 7.96. The first-order valence-corrected chi connectivity index (χ1v) is 7.96. The third-order valence-corrected chi connectivity index (χ3v) is 4.79. The SMILES string of the molecule is NCC1c2ccc3ccccc3c2CN1Cc1ccccc1F. The van der Waals surface area contributed by atoms with Gasteiger partial charge in [-0.25, -0.2) is 4.39 Å². The van der Waals surface area contributed by atoms with Gasteiger partial charge in [-0.05, 0) is 28.0 Å². The van der Waals surface area contributed by atoms with Gasteiger partial charge in [-0.3, -0.25) is 4.90 Å². The Hall–Kier alpha value is -2.23. The third kappa shape index (κ3) is 2.42. The maximum absolute atomic E-state index is 14.0. The summed E-state index contributed by atoms with van der Waals surface area (Å²) in [7, 11) is 0. The van der Waals surface area contributed by atoms with Crippen LogP contribution >= 0.6 is 0 Å². The summed E-state index contributed by atoms with van der Waals surface area (Å²) < 4.78 is 14.0. The lowest BCUT2D eigenvalue weighted by Crippen LogP contribution is -2.27. The molecule has 0 saturated heterocycles. The van der Waals surface area contributed by atoms with Crippen LogP contribution in [0.2, 0.25) is 0 Å². The number of hydrogen-bond acceptors (Lipinski definition) is 2. The fourth-order valence-electron chi connectivity index (χ4n) is 3.64. The first kappa shape index (κ1) is 14.4. The van der Waals surface area contributed by atoms with E-state index in [-0.39, 0.29) is 11.9 Å². The molecule has 0 aromatic heterocycles. The lowest BCUT2D eigenvalue weighted by atomic mass is 9.98. The monoisotopic (exact) mass is 306 g/mol. The normalized spacial score (nSPS) is 17.6. The summed E-state index contributed by atoms with van der Waals surface area (Å²) >= 11 is 0. The maximum atomic E-state index is 14.0. The number of fused-ring (bicyclic) bond motifs is 3. The minimum absolute atomic E-state index is 0.147. The van der Waals surface area contributed by atoms with Gasteiger partial charge in [0.15, 0.2) is 0 Å². The summed E-state index contributed by atoms with van der Waals surface area (Å²) in [4.78, 5) is 2.27. The Kier molecular flexibility index (Phi) is 3.60. The molecule has 0 bridgehead atoms. The molecule has 23 heavy (non-hydrogen) atoms. The van der Waals surface area contributed by atoms with E-state index >= 15 is 0 Å². The molecular weight excluding hydrogens is 287 g/mol. The van der Waals surface area contributed by atoms with Crippen LogP contribution in [0.1, 0.15) is 22.7 Å². The highest BCUT2D eigenvalue weighted by Gasteiger charge is 2.30. The minimum atomic E-state index is -0.149. The molecule has 3 aromatic rings. The molecule has 1 aliphatic rings. The van der Waals surface area contributed by atoms with Crippen LogP contribution in [0.15, 0.2) is 60.7 Å². The summed E-state index contributed by atoms with van der Waals surface area (Å²) in [5.41, 5.74) is 9.37. The van der Waals surface area contributed by atoms with Crippen LogP contribution in [0.3, 0.4) is 0 Å². The Bertz CT molecular complexity index is 859. The summed E-state index contributed by atoms with van der Waals surface area (Å²) in [5, 5.41) is 2.52. The summed E-state index contributed by atoms with van der Waals surface area (Å²) in [6.45, 7) is 1.93. The average molecular weight is 306 g/mol. The van der Waals surface area contributed by atoms with Gasteiger partial charge in [0.1, 0.15) is 5.82 Å². The Labute approximate surface area is 135 Å². The van der Waals surface area contributed by atoms with Crippen molar-refractivity contribution in [1.82, 2.24) is 4.90 Å². The molecule has 2 nitrogen and oxygen atoms in total. The molecule has 0 amide bonds. The highest BCUT2D eigenvalue weighted by molar-refractivity contribution is 5.87. The Morgan fingerprint density at radius 3 is 2.61 bits per heavy atom.